The summed E-state index contributed by atoms with van der Waals surface area (Å²) in [5.41, 5.74) is 5.31. The van der Waals surface area contributed by atoms with Crippen LogP contribution in [0.25, 0.3) is 0 Å². The number of nitrogens with zero attached hydrogens (tertiary/aromatic N) is 2. The van der Waals surface area contributed by atoms with Gasteiger partial charge in [-0.15, -0.1) is 0 Å². The molecule has 0 aromatic heterocycles. The molecule has 0 spiro atoms. The van der Waals surface area contributed by atoms with Gasteiger partial charge in [0.2, 0.25) is 11.8 Å². The van der Waals surface area contributed by atoms with Gasteiger partial charge in [-0.05, 0) is 32.2 Å². The minimum Gasteiger partial charge on any atom is -0.392 e. The van der Waals surface area contributed by atoms with Crippen molar-refractivity contribution in [3.8, 4) is 0 Å². The highest BCUT2D eigenvalue weighted by molar-refractivity contribution is 5.81. The lowest BCUT2D eigenvalue weighted by atomic mass is 9.97. The summed E-state index contributed by atoms with van der Waals surface area (Å²) in [4.78, 5) is 27.1. The summed E-state index contributed by atoms with van der Waals surface area (Å²) >= 11 is 0. The Kier molecular flexibility index (Phi) is 4.76. The summed E-state index contributed by atoms with van der Waals surface area (Å²) in [5, 5.41) is 9.59. The van der Waals surface area contributed by atoms with Crippen LogP contribution in [-0.4, -0.2) is 65.5 Å². The normalized spacial score (nSPS) is 29.2. The number of aliphatic hydroxyl groups excluding tert-OH is 1. The van der Waals surface area contributed by atoms with Crippen LogP contribution in [0.15, 0.2) is 0 Å². The lowest BCUT2D eigenvalue weighted by molar-refractivity contribution is -0.136. The zero-order valence-electron chi connectivity index (χ0n) is 11.3. The SMILES string of the molecule is NC(=O)C1CCCN(C(=O)CN2CCC[C@H](O)C2)C1. The van der Waals surface area contributed by atoms with Crippen molar-refractivity contribution in [1.82, 2.24) is 9.80 Å². The first-order chi connectivity index (χ1) is 9.06. The van der Waals surface area contributed by atoms with Crippen molar-refractivity contribution in [1.29, 1.82) is 0 Å². The van der Waals surface area contributed by atoms with Gasteiger partial charge < -0.3 is 15.7 Å². The molecule has 2 atom stereocenters. The summed E-state index contributed by atoms with van der Waals surface area (Å²) < 4.78 is 0. The van der Waals surface area contributed by atoms with Gasteiger partial charge in [0.1, 0.15) is 0 Å². The van der Waals surface area contributed by atoms with E-state index in [0.29, 0.717) is 26.2 Å². The maximum absolute atomic E-state index is 12.2. The fourth-order valence-corrected chi connectivity index (χ4v) is 2.90. The second-order valence-corrected chi connectivity index (χ2v) is 5.61. The van der Waals surface area contributed by atoms with E-state index in [1.807, 2.05) is 4.90 Å². The minimum absolute atomic E-state index is 0.0417. The van der Waals surface area contributed by atoms with Gasteiger partial charge in [-0.2, -0.15) is 0 Å². The molecule has 1 unspecified atom stereocenters. The number of β-amino-alcohol motifs (C(OH)–C–C–N with tert-alkyl or cyclic N) is 1. The van der Waals surface area contributed by atoms with Crippen LogP contribution in [0.4, 0.5) is 0 Å². The van der Waals surface area contributed by atoms with Gasteiger partial charge in [0.25, 0.3) is 0 Å². The highest BCUT2D eigenvalue weighted by Gasteiger charge is 2.28. The maximum Gasteiger partial charge on any atom is 0.236 e. The lowest BCUT2D eigenvalue weighted by Crippen LogP contribution is -2.49. The number of amides is 2. The molecule has 0 aromatic rings. The summed E-state index contributed by atoms with van der Waals surface area (Å²) in [7, 11) is 0. The predicted octanol–water partition coefficient (Wildman–Crippen LogP) is -0.833. The average Bonchev–Trinajstić information content (AvgIpc) is 2.39. The molecule has 0 aromatic carbocycles. The molecule has 6 nitrogen and oxygen atoms in total. The second kappa shape index (κ2) is 6.34. The molecule has 19 heavy (non-hydrogen) atoms. The Bertz CT molecular complexity index is 348. The number of rotatable bonds is 3. The number of likely N-dealkylation sites (tertiary alicyclic amines) is 2. The number of hydrogen-bond donors (Lipinski definition) is 2. The van der Waals surface area contributed by atoms with E-state index < -0.39 is 0 Å². The van der Waals surface area contributed by atoms with E-state index in [9.17, 15) is 14.7 Å². The zero-order chi connectivity index (χ0) is 13.8. The number of piperidine rings is 2. The second-order valence-electron chi connectivity index (χ2n) is 5.61. The number of primary amides is 1. The van der Waals surface area contributed by atoms with E-state index in [0.717, 1.165) is 32.2 Å². The Morgan fingerprint density at radius 3 is 2.58 bits per heavy atom. The quantitative estimate of drug-likeness (QED) is 0.700. The van der Waals surface area contributed by atoms with Crippen LogP contribution in [0, 0.1) is 5.92 Å². The molecule has 2 fully saturated rings. The molecular weight excluding hydrogens is 246 g/mol. The van der Waals surface area contributed by atoms with Gasteiger partial charge in [-0.1, -0.05) is 0 Å². The molecule has 2 rings (SSSR count). The molecule has 0 saturated carbocycles. The smallest absolute Gasteiger partial charge is 0.236 e. The third-order valence-corrected chi connectivity index (χ3v) is 4.02. The van der Waals surface area contributed by atoms with Gasteiger partial charge in [-0.3, -0.25) is 14.5 Å². The highest BCUT2D eigenvalue weighted by Crippen LogP contribution is 2.17. The Morgan fingerprint density at radius 2 is 1.89 bits per heavy atom. The molecule has 0 radical (unpaired) electrons. The number of carbonyl (C=O) groups excluding carboxylic acids is 2. The van der Waals surface area contributed by atoms with Crippen LogP contribution >= 0.6 is 0 Å². The summed E-state index contributed by atoms with van der Waals surface area (Å²) in [6, 6.07) is 0. The van der Waals surface area contributed by atoms with Crippen LogP contribution in [0.3, 0.4) is 0 Å². The van der Waals surface area contributed by atoms with Crippen molar-refractivity contribution in [2.24, 2.45) is 11.7 Å². The first kappa shape index (κ1) is 14.3. The predicted molar refractivity (Wildman–Crippen MR) is 70.2 cm³/mol. The monoisotopic (exact) mass is 269 g/mol. The molecule has 6 heteroatoms. The maximum atomic E-state index is 12.2. The molecule has 108 valence electrons. The van der Waals surface area contributed by atoms with Crippen LogP contribution < -0.4 is 5.73 Å². The summed E-state index contributed by atoms with van der Waals surface area (Å²) in [6.07, 6.45) is 3.04. The zero-order valence-corrected chi connectivity index (χ0v) is 11.3. The number of carbonyl (C=O) groups is 2. The van der Waals surface area contributed by atoms with Crippen molar-refractivity contribution in [2.45, 2.75) is 31.8 Å². The number of nitrogens with two attached hydrogens (primary N) is 1. The van der Waals surface area contributed by atoms with Crippen molar-refractivity contribution in [3.63, 3.8) is 0 Å². The van der Waals surface area contributed by atoms with E-state index >= 15 is 0 Å². The molecule has 0 aliphatic carbocycles. The Morgan fingerprint density at radius 1 is 1.16 bits per heavy atom. The molecule has 2 saturated heterocycles. The molecule has 2 amide bonds. The third-order valence-electron chi connectivity index (χ3n) is 4.02. The van der Waals surface area contributed by atoms with Crippen LogP contribution in [0.5, 0.6) is 0 Å². The first-order valence-electron chi connectivity index (χ1n) is 7.04. The molecule has 2 heterocycles. The van der Waals surface area contributed by atoms with E-state index in [2.05, 4.69) is 0 Å². The Labute approximate surface area is 113 Å². The van der Waals surface area contributed by atoms with Crippen molar-refractivity contribution >= 4 is 11.8 Å². The molecule has 2 aliphatic heterocycles. The van der Waals surface area contributed by atoms with Crippen LogP contribution in [0.1, 0.15) is 25.7 Å². The standard InChI is InChI=1S/C13H23N3O3/c14-13(19)10-3-1-6-16(7-10)12(18)9-15-5-2-4-11(17)8-15/h10-11,17H,1-9H2,(H2,14,19)/t10?,11-/m0/s1. The van der Waals surface area contributed by atoms with E-state index in [1.165, 1.54) is 0 Å². The van der Waals surface area contributed by atoms with E-state index in [-0.39, 0.29) is 23.8 Å². The van der Waals surface area contributed by atoms with Crippen molar-refractivity contribution < 1.29 is 14.7 Å². The summed E-state index contributed by atoms with van der Waals surface area (Å²) in [6.45, 7) is 2.92. The topological polar surface area (TPSA) is 86.9 Å². The van der Waals surface area contributed by atoms with Gasteiger partial charge in [0, 0.05) is 19.6 Å². The Balaban J connectivity index is 1.83. The summed E-state index contributed by atoms with van der Waals surface area (Å²) in [5.74, 6) is -0.476. The molecule has 2 aliphatic rings. The fraction of sp³-hybridized carbons (Fsp3) is 0.846. The van der Waals surface area contributed by atoms with Crippen molar-refractivity contribution in [3.05, 3.63) is 0 Å². The number of aliphatic hydroxyl groups is 1. The van der Waals surface area contributed by atoms with Gasteiger partial charge in [0.15, 0.2) is 0 Å². The third kappa shape index (κ3) is 3.91. The van der Waals surface area contributed by atoms with Crippen molar-refractivity contribution in [2.75, 3.05) is 32.7 Å². The van der Waals surface area contributed by atoms with E-state index in [1.54, 1.807) is 4.90 Å². The minimum atomic E-state index is -0.318. The molecule has 3 N–H and O–H groups in total. The fourth-order valence-electron chi connectivity index (χ4n) is 2.90. The molecular formula is C13H23N3O3. The van der Waals surface area contributed by atoms with E-state index in [4.69, 9.17) is 5.73 Å². The van der Waals surface area contributed by atoms with Crippen LogP contribution in [0.2, 0.25) is 0 Å². The van der Waals surface area contributed by atoms with Gasteiger partial charge in [0.05, 0.1) is 18.6 Å². The van der Waals surface area contributed by atoms with Crippen LogP contribution in [-0.2, 0) is 9.59 Å². The van der Waals surface area contributed by atoms with Gasteiger partial charge in [-0.25, -0.2) is 0 Å². The van der Waals surface area contributed by atoms with Gasteiger partial charge >= 0.3 is 0 Å². The first-order valence-corrected chi connectivity index (χ1v) is 7.04. The molecule has 0 bridgehead atoms. The average molecular weight is 269 g/mol. The number of hydrogen-bond acceptors (Lipinski definition) is 4. The highest BCUT2D eigenvalue weighted by atomic mass is 16.3. The largest absolute Gasteiger partial charge is 0.392 e. The Hall–Kier alpha value is -1.14. The lowest BCUT2D eigenvalue weighted by Gasteiger charge is -2.35.